The summed E-state index contributed by atoms with van der Waals surface area (Å²) >= 11 is 0. The maximum absolute atomic E-state index is 13.7. The molecule has 0 aromatic heterocycles. The van der Waals surface area contributed by atoms with Gasteiger partial charge in [-0.25, -0.2) is 9.59 Å². The van der Waals surface area contributed by atoms with Gasteiger partial charge in [-0.05, 0) is 61.5 Å². The number of ether oxygens (including phenoxy) is 2. The molecule has 0 bridgehead atoms. The van der Waals surface area contributed by atoms with Crippen LogP contribution in [0.3, 0.4) is 0 Å². The summed E-state index contributed by atoms with van der Waals surface area (Å²) in [7, 11) is 3.24. The molecule has 0 unspecified atom stereocenters. The molecule has 222 valence electrons. The molecular weight excluding hydrogens is 538 g/mol. The third-order valence-corrected chi connectivity index (χ3v) is 7.10. The average Bonchev–Trinajstić information content (AvgIpc) is 2.99. The zero-order chi connectivity index (χ0) is 30.2. The summed E-state index contributed by atoms with van der Waals surface area (Å²) < 4.78 is 11.5. The van der Waals surface area contributed by atoms with E-state index in [0.717, 1.165) is 0 Å². The number of nitrogens with zero attached hydrogens (tertiary/aromatic N) is 2. The summed E-state index contributed by atoms with van der Waals surface area (Å²) in [5, 5.41) is 18.3. The molecule has 5 amide bonds. The van der Waals surface area contributed by atoms with E-state index in [2.05, 4.69) is 16.0 Å². The molecule has 42 heavy (non-hydrogen) atoms. The minimum Gasteiger partial charge on any atom is -0.497 e. The van der Waals surface area contributed by atoms with Gasteiger partial charge in [0.25, 0.3) is 5.91 Å². The Labute approximate surface area is 245 Å². The number of nitrogens with one attached hydrogen (secondary N) is 3. The highest BCUT2D eigenvalue weighted by Crippen LogP contribution is 2.31. The Kier molecular flexibility index (Phi) is 9.87. The summed E-state index contributed by atoms with van der Waals surface area (Å²) in [6.07, 6.45) is -0.464. The Balaban J connectivity index is 1.54. The maximum atomic E-state index is 13.7. The number of aliphatic hydroxyl groups excluding tert-OH is 1. The number of rotatable bonds is 8. The summed E-state index contributed by atoms with van der Waals surface area (Å²) in [6, 6.07) is 19.6. The average molecular weight is 576 g/mol. The number of benzene rings is 3. The molecule has 1 heterocycles. The predicted molar refractivity (Wildman–Crippen MR) is 161 cm³/mol. The van der Waals surface area contributed by atoms with E-state index in [0.29, 0.717) is 35.1 Å². The summed E-state index contributed by atoms with van der Waals surface area (Å²) in [5.74, 6) is 0.491. The Hall–Kier alpha value is -4.77. The number of likely N-dealkylation sites (N-methyl/N-ethyl adjacent to an activating group) is 1. The molecule has 3 atom stereocenters. The second-order valence-corrected chi connectivity index (χ2v) is 10.3. The van der Waals surface area contributed by atoms with Gasteiger partial charge in [0, 0.05) is 36.6 Å². The van der Waals surface area contributed by atoms with E-state index in [1.165, 1.54) is 4.90 Å². The number of anilines is 3. The van der Waals surface area contributed by atoms with Crippen LogP contribution in [0.2, 0.25) is 0 Å². The molecule has 4 N–H and O–H groups in total. The van der Waals surface area contributed by atoms with E-state index >= 15 is 0 Å². The van der Waals surface area contributed by atoms with Crippen molar-refractivity contribution in [1.29, 1.82) is 0 Å². The van der Waals surface area contributed by atoms with Gasteiger partial charge in [0.2, 0.25) is 0 Å². The SMILES string of the molecule is COc1ccc(NC(=O)Nc2ccc3c(c2)C(=O)N([C@H](C)CO)C[C@H](C)[C@H](CN(C)C(=O)Nc2ccccc2)O3)cc1. The van der Waals surface area contributed by atoms with Crippen LogP contribution in [-0.4, -0.2) is 78.9 Å². The normalized spacial score (nSPS) is 17.1. The van der Waals surface area contributed by atoms with Crippen LogP contribution in [-0.2, 0) is 0 Å². The molecule has 0 saturated carbocycles. The fourth-order valence-electron chi connectivity index (χ4n) is 4.58. The van der Waals surface area contributed by atoms with Crippen LogP contribution in [0, 0.1) is 5.92 Å². The van der Waals surface area contributed by atoms with Crippen LogP contribution in [0.15, 0.2) is 72.8 Å². The van der Waals surface area contributed by atoms with Crippen molar-refractivity contribution in [3.63, 3.8) is 0 Å². The van der Waals surface area contributed by atoms with Gasteiger partial charge in [0.15, 0.2) is 0 Å². The van der Waals surface area contributed by atoms with Gasteiger partial charge >= 0.3 is 12.1 Å². The maximum Gasteiger partial charge on any atom is 0.323 e. The molecule has 0 fully saturated rings. The lowest BCUT2D eigenvalue weighted by Gasteiger charge is -2.38. The Morgan fingerprint density at radius 3 is 2.33 bits per heavy atom. The van der Waals surface area contributed by atoms with Crippen molar-refractivity contribution in [2.45, 2.75) is 26.0 Å². The number of carbonyl (C=O) groups excluding carboxylic acids is 3. The molecular formula is C31H37N5O6. The molecule has 0 spiro atoms. The number of methoxy groups -OCH3 is 1. The number of hydrogen-bond acceptors (Lipinski definition) is 6. The number of urea groups is 2. The third kappa shape index (κ3) is 7.49. The van der Waals surface area contributed by atoms with Gasteiger partial charge in [-0.1, -0.05) is 25.1 Å². The minimum atomic E-state index is -0.488. The van der Waals surface area contributed by atoms with Gasteiger partial charge in [-0.2, -0.15) is 0 Å². The van der Waals surface area contributed by atoms with Crippen LogP contribution in [0.4, 0.5) is 26.7 Å². The molecule has 3 aromatic rings. The number of para-hydroxylation sites is 1. The van der Waals surface area contributed by atoms with Gasteiger partial charge in [-0.15, -0.1) is 0 Å². The molecule has 1 aliphatic heterocycles. The van der Waals surface area contributed by atoms with E-state index < -0.39 is 18.2 Å². The van der Waals surface area contributed by atoms with E-state index in [1.54, 1.807) is 80.6 Å². The number of aliphatic hydroxyl groups is 1. The minimum absolute atomic E-state index is 0.170. The first kappa shape index (κ1) is 30.2. The van der Waals surface area contributed by atoms with Crippen molar-refractivity contribution in [2.24, 2.45) is 5.92 Å². The fraction of sp³-hybridized carbons (Fsp3) is 0.323. The van der Waals surface area contributed by atoms with Crippen molar-refractivity contribution in [2.75, 3.05) is 49.8 Å². The van der Waals surface area contributed by atoms with Crippen molar-refractivity contribution in [1.82, 2.24) is 9.80 Å². The van der Waals surface area contributed by atoms with Crippen LogP contribution in [0.25, 0.3) is 0 Å². The number of hydrogen-bond donors (Lipinski definition) is 4. The Bertz CT molecular complexity index is 1380. The molecule has 0 saturated heterocycles. The first-order valence-electron chi connectivity index (χ1n) is 13.7. The predicted octanol–water partition coefficient (Wildman–Crippen LogP) is 4.72. The second-order valence-electron chi connectivity index (χ2n) is 10.3. The zero-order valence-electron chi connectivity index (χ0n) is 24.2. The molecule has 3 aromatic carbocycles. The highest BCUT2D eigenvalue weighted by atomic mass is 16.5. The molecule has 1 aliphatic rings. The van der Waals surface area contributed by atoms with E-state index in [9.17, 15) is 19.5 Å². The van der Waals surface area contributed by atoms with Gasteiger partial charge in [-0.3, -0.25) is 4.79 Å². The second kappa shape index (κ2) is 13.7. The van der Waals surface area contributed by atoms with Crippen molar-refractivity contribution >= 4 is 35.0 Å². The van der Waals surface area contributed by atoms with Gasteiger partial charge < -0.3 is 40.3 Å². The Morgan fingerprint density at radius 2 is 1.67 bits per heavy atom. The molecule has 4 rings (SSSR count). The lowest BCUT2D eigenvalue weighted by molar-refractivity contribution is 0.0371. The van der Waals surface area contributed by atoms with Gasteiger partial charge in [0.1, 0.15) is 17.6 Å². The topological polar surface area (TPSA) is 132 Å². The van der Waals surface area contributed by atoms with Crippen molar-refractivity contribution < 1.29 is 29.0 Å². The first-order chi connectivity index (χ1) is 20.2. The monoisotopic (exact) mass is 575 g/mol. The number of amides is 5. The lowest BCUT2D eigenvalue weighted by atomic mass is 9.99. The fourth-order valence-corrected chi connectivity index (χ4v) is 4.58. The largest absolute Gasteiger partial charge is 0.497 e. The van der Waals surface area contributed by atoms with E-state index in [-0.39, 0.29) is 36.6 Å². The van der Waals surface area contributed by atoms with E-state index in [4.69, 9.17) is 9.47 Å². The zero-order valence-corrected chi connectivity index (χ0v) is 24.2. The standard InChI is InChI=1S/C31H37N5O6/c1-20-17-36(21(2)19-37)29(38)26-16-24(33-30(39)32-23-10-13-25(41-4)14-11-23)12-15-27(26)42-28(20)18-35(3)31(40)34-22-8-6-5-7-9-22/h5-16,20-21,28,37H,17-19H2,1-4H3,(H,34,40)(H2,32,33,39)/t20-,21+,28-/m0/s1. The van der Waals surface area contributed by atoms with Crippen molar-refractivity contribution in [3.05, 3.63) is 78.4 Å². The van der Waals surface area contributed by atoms with Crippen LogP contribution in [0.5, 0.6) is 11.5 Å². The summed E-state index contributed by atoms with van der Waals surface area (Å²) in [6.45, 7) is 4.04. The molecule has 11 heteroatoms. The van der Waals surface area contributed by atoms with E-state index in [1.807, 2.05) is 25.1 Å². The summed E-state index contributed by atoms with van der Waals surface area (Å²) in [5.41, 5.74) is 1.87. The highest BCUT2D eigenvalue weighted by molar-refractivity contribution is 6.02. The van der Waals surface area contributed by atoms with Crippen molar-refractivity contribution in [3.8, 4) is 11.5 Å². The number of carbonyl (C=O) groups is 3. The first-order valence-corrected chi connectivity index (χ1v) is 13.7. The molecule has 11 nitrogen and oxygen atoms in total. The third-order valence-electron chi connectivity index (χ3n) is 7.10. The highest BCUT2D eigenvalue weighted by Gasteiger charge is 2.34. The molecule has 0 aliphatic carbocycles. The lowest BCUT2D eigenvalue weighted by Crippen LogP contribution is -2.50. The quantitative estimate of drug-likeness (QED) is 0.307. The smallest absolute Gasteiger partial charge is 0.323 e. The van der Waals surface area contributed by atoms with Gasteiger partial charge in [0.05, 0.1) is 31.9 Å². The Morgan fingerprint density at radius 1 is 1.02 bits per heavy atom. The van der Waals surface area contributed by atoms with Crippen LogP contribution >= 0.6 is 0 Å². The summed E-state index contributed by atoms with van der Waals surface area (Å²) in [4.78, 5) is 42.4. The number of fused-ring (bicyclic) bond motifs is 1. The van der Waals surface area contributed by atoms with Crippen LogP contribution in [0.1, 0.15) is 24.2 Å². The van der Waals surface area contributed by atoms with Crippen LogP contribution < -0.4 is 25.4 Å². The molecule has 0 radical (unpaired) electrons.